The van der Waals surface area contributed by atoms with Crippen molar-refractivity contribution in [3.63, 3.8) is 0 Å². The zero-order valence-corrected chi connectivity index (χ0v) is 9.76. The van der Waals surface area contributed by atoms with E-state index in [4.69, 9.17) is 5.73 Å². The third-order valence-electron chi connectivity index (χ3n) is 2.37. The van der Waals surface area contributed by atoms with Gasteiger partial charge in [-0.25, -0.2) is 0 Å². The zero-order valence-electron chi connectivity index (χ0n) is 8.18. The second-order valence-corrected chi connectivity index (χ2v) is 4.39. The van der Waals surface area contributed by atoms with Crippen LogP contribution in [-0.4, -0.2) is 6.54 Å². The van der Waals surface area contributed by atoms with Gasteiger partial charge in [-0.3, -0.25) is 0 Å². The Morgan fingerprint density at radius 3 is 2.77 bits per heavy atom. The lowest BCUT2D eigenvalue weighted by Crippen LogP contribution is -2.05. The van der Waals surface area contributed by atoms with Crippen LogP contribution in [0.1, 0.15) is 30.4 Å². The molecule has 2 N–H and O–H groups in total. The fourth-order valence-electron chi connectivity index (χ4n) is 1.55. The summed E-state index contributed by atoms with van der Waals surface area (Å²) in [6, 6.07) is 6.41. The Morgan fingerprint density at radius 1 is 1.46 bits per heavy atom. The molecule has 1 unspecified atom stereocenters. The molecule has 1 aromatic carbocycles. The molecule has 0 bridgehead atoms. The number of aryl methyl sites for hydroxylation is 1. The minimum Gasteiger partial charge on any atom is -0.330 e. The molecule has 0 saturated carbocycles. The third kappa shape index (κ3) is 2.82. The van der Waals surface area contributed by atoms with E-state index >= 15 is 0 Å². The monoisotopic (exact) mass is 241 g/mol. The van der Waals surface area contributed by atoms with Crippen LogP contribution in [0.5, 0.6) is 0 Å². The lowest BCUT2D eigenvalue weighted by Gasteiger charge is -2.13. The van der Waals surface area contributed by atoms with Gasteiger partial charge in [0.25, 0.3) is 0 Å². The number of hydrogen-bond donors (Lipinski definition) is 1. The lowest BCUT2D eigenvalue weighted by molar-refractivity contribution is 0.686. The Kier molecular flexibility index (Phi) is 3.94. The molecular weight excluding hydrogens is 226 g/mol. The first kappa shape index (κ1) is 10.7. The summed E-state index contributed by atoms with van der Waals surface area (Å²) in [5.41, 5.74) is 8.30. The number of hydrogen-bond acceptors (Lipinski definition) is 1. The average Bonchev–Trinajstić information content (AvgIpc) is 2.09. The third-order valence-corrected chi connectivity index (χ3v) is 2.87. The van der Waals surface area contributed by atoms with Crippen LogP contribution in [0, 0.1) is 6.92 Å². The molecule has 0 amide bonds. The van der Waals surface area contributed by atoms with Gasteiger partial charge in [0, 0.05) is 4.47 Å². The van der Waals surface area contributed by atoms with E-state index in [0.717, 1.165) is 17.4 Å². The van der Waals surface area contributed by atoms with Gasteiger partial charge in [0.05, 0.1) is 0 Å². The minimum atomic E-state index is 0.558. The van der Waals surface area contributed by atoms with Gasteiger partial charge in [-0.15, -0.1) is 0 Å². The fraction of sp³-hybridized carbons (Fsp3) is 0.455. The Morgan fingerprint density at radius 2 is 2.15 bits per heavy atom. The van der Waals surface area contributed by atoms with Crippen molar-refractivity contribution in [1.29, 1.82) is 0 Å². The smallest absolute Gasteiger partial charge is 0.0178 e. The van der Waals surface area contributed by atoms with E-state index in [2.05, 4.69) is 48.0 Å². The quantitative estimate of drug-likeness (QED) is 0.865. The number of benzene rings is 1. The van der Waals surface area contributed by atoms with Crippen molar-refractivity contribution in [3.05, 3.63) is 33.8 Å². The predicted octanol–water partition coefficient (Wildman–Crippen LogP) is 3.21. The highest BCUT2D eigenvalue weighted by molar-refractivity contribution is 9.10. The summed E-state index contributed by atoms with van der Waals surface area (Å²) in [6.07, 6.45) is 1.05. The van der Waals surface area contributed by atoms with Crippen molar-refractivity contribution in [2.75, 3.05) is 6.54 Å². The molecule has 2 heteroatoms. The summed E-state index contributed by atoms with van der Waals surface area (Å²) in [4.78, 5) is 0. The Hall–Kier alpha value is -0.340. The van der Waals surface area contributed by atoms with Crippen LogP contribution in [0.2, 0.25) is 0 Å². The largest absolute Gasteiger partial charge is 0.330 e. The van der Waals surface area contributed by atoms with E-state index in [9.17, 15) is 0 Å². The van der Waals surface area contributed by atoms with Crippen molar-refractivity contribution in [3.8, 4) is 0 Å². The standard InChI is InChI=1S/C11H16BrN/c1-8-3-4-10(12)7-11(8)9(2)5-6-13/h3-4,7,9H,5-6,13H2,1-2H3. The summed E-state index contributed by atoms with van der Waals surface area (Å²) in [7, 11) is 0. The molecule has 1 rings (SSSR count). The van der Waals surface area contributed by atoms with Crippen molar-refractivity contribution in [2.24, 2.45) is 5.73 Å². The SMILES string of the molecule is Cc1ccc(Br)cc1C(C)CCN. The van der Waals surface area contributed by atoms with Crippen molar-refractivity contribution < 1.29 is 0 Å². The molecule has 1 aromatic rings. The molecule has 0 spiro atoms. The molecule has 0 aromatic heterocycles. The molecule has 1 nitrogen and oxygen atoms in total. The van der Waals surface area contributed by atoms with E-state index in [1.165, 1.54) is 11.1 Å². The summed E-state index contributed by atoms with van der Waals surface area (Å²) in [6.45, 7) is 5.13. The van der Waals surface area contributed by atoms with Gasteiger partial charge in [-0.1, -0.05) is 28.9 Å². The van der Waals surface area contributed by atoms with Crippen molar-refractivity contribution in [2.45, 2.75) is 26.2 Å². The van der Waals surface area contributed by atoms with E-state index in [-0.39, 0.29) is 0 Å². The van der Waals surface area contributed by atoms with E-state index in [1.807, 2.05) is 0 Å². The first-order valence-corrected chi connectivity index (χ1v) is 5.40. The number of halogens is 1. The predicted molar refractivity (Wildman–Crippen MR) is 61.0 cm³/mol. The summed E-state index contributed by atoms with van der Waals surface area (Å²) >= 11 is 3.48. The summed E-state index contributed by atoms with van der Waals surface area (Å²) in [5, 5.41) is 0. The highest BCUT2D eigenvalue weighted by Gasteiger charge is 2.07. The molecule has 0 aliphatic heterocycles. The maximum absolute atomic E-state index is 5.54. The molecular formula is C11H16BrN. The zero-order chi connectivity index (χ0) is 9.84. The Bertz CT molecular complexity index is 283. The fourth-order valence-corrected chi connectivity index (χ4v) is 1.93. The molecule has 0 aliphatic rings. The van der Waals surface area contributed by atoms with E-state index in [0.29, 0.717) is 5.92 Å². The average molecular weight is 242 g/mol. The number of rotatable bonds is 3. The molecule has 1 atom stereocenters. The van der Waals surface area contributed by atoms with Crippen LogP contribution in [0.4, 0.5) is 0 Å². The first-order valence-electron chi connectivity index (χ1n) is 4.61. The van der Waals surface area contributed by atoms with Crippen LogP contribution in [0.3, 0.4) is 0 Å². The maximum atomic E-state index is 5.54. The number of nitrogens with two attached hydrogens (primary N) is 1. The molecule has 0 saturated heterocycles. The van der Waals surface area contributed by atoms with Gasteiger partial charge in [0.1, 0.15) is 0 Å². The van der Waals surface area contributed by atoms with Gasteiger partial charge in [-0.05, 0) is 49.1 Å². The van der Waals surface area contributed by atoms with Crippen LogP contribution in [0.25, 0.3) is 0 Å². The second-order valence-electron chi connectivity index (χ2n) is 3.48. The van der Waals surface area contributed by atoms with E-state index in [1.54, 1.807) is 0 Å². The Labute approximate surface area is 88.5 Å². The van der Waals surface area contributed by atoms with Crippen molar-refractivity contribution >= 4 is 15.9 Å². The normalized spacial score (nSPS) is 12.9. The topological polar surface area (TPSA) is 26.0 Å². The molecule has 13 heavy (non-hydrogen) atoms. The van der Waals surface area contributed by atoms with Gasteiger partial charge < -0.3 is 5.73 Å². The first-order chi connectivity index (χ1) is 6.15. The van der Waals surface area contributed by atoms with Gasteiger partial charge in [-0.2, -0.15) is 0 Å². The highest BCUT2D eigenvalue weighted by atomic mass is 79.9. The molecule has 0 fully saturated rings. The molecule has 0 heterocycles. The van der Waals surface area contributed by atoms with E-state index < -0.39 is 0 Å². The van der Waals surface area contributed by atoms with Gasteiger partial charge in [0.15, 0.2) is 0 Å². The maximum Gasteiger partial charge on any atom is 0.0178 e. The molecule has 72 valence electrons. The second kappa shape index (κ2) is 4.77. The summed E-state index contributed by atoms with van der Waals surface area (Å²) < 4.78 is 1.15. The van der Waals surface area contributed by atoms with Crippen LogP contribution >= 0.6 is 15.9 Å². The molecule has 0 radical (unpaired) electrons. The minimum absolute atomic E-state index is 0.558. The highest BCUT2D eigenvalue weighted by Crippen LogP contribution is 2.25. The van der Waals surface area contributed by atoms with Crippen LogP contribution in [0.15, 0.2) is 22.7 Å². The van der Waals surface area contributed by atoms with Crippen LogP contribution in [-0.2, 0) is 0 Å². The molecule has 0 aliphatic carbocycles. The van der Waals surface area contributed by atoms with Gasteiger partial charge in [0.2, 0.25) is 0 Å². The summed E-state index contributed by atoms with van der Waals surface area (Å²) in [5.74, 6) is 0.558. The van der Waals surface area contributed by atoms with Crippen molar-refractivity contribution in [1.82, 2.24) is 0 Å². The van der Waals surface area contributed by atoms with Crippen LogP contribution < -0.4 is 5.73 Å². The Balaban J connectivity index is 2.91. The van der Waals surface area contributed by atoms with Gasteiger partial charge >= 0.3 is 0 Å². The lowest BCUT2D eigenvalue weighted by atomic mass is 9.94.